The average Bonchev–Trinajstić information content (AvgIpc) is 1.90. The summed E-state index contributed by atoms with van der Waals surface area (Å²) >= 11 is 10.1. The number of rotatable bonds is 4. The molecule has 64 valence electrons. The van der Waals surface area contributed by atoms with Gasteiger partial charge in [-0.2, -0.15) is 0 Å². The van der Waals surface area contributed by atoms with Crippen LogP contribution in [0.3, 0.4) is 0 Å². The fraction of sp³-hybridized carbons (Fsp3) is 1.00. The fourth-order valence-electron chi connectivity index (χ4n) is 0.298. The Kier molecular flexibility index (Phi) is 3.47. The number of alkyl halides is 2. The van der Waals surface area contributed by atoms with Crippen molar-refractivity contribution in [3.05, 3.63) is 20.2 Å². The van der Waals surface area contributed by atoms with Crippen LogP contribution < -0.4 is 0 Å². The molecule has 0 rings (SSSR count). The van der Waals surface area contributed by atoms with Crippen LogP contribution >= 0.6 is 23.2 Å². The maximum absolute atomic E-state index is 10.1. The summed E-state index contributed by atoms with van der Waals surface area (Å²) in [6.07, 6.45) is 0. The van der Waals surface area contributed by atoms with Gasteiger partial charge in [-0.3, -0.25) is 20.2 Å². The van der Waals surface area contributed by atoms with Gasteiger partial charge in [0.15, 0.2) is 11.8 Å². The number of halogens is 2. The summed E-state index contributed by atoms with van der Waals surface area (Å²) in [5, 5.41) is 20.2. The smallest absolute Gasteiger partial charge is 0.258 e. The lowest BCUT2D eigenvalue weighted by atomic mass is 10.3. The monoisotopic (exact) mass is 202 g/mol. The molecule has 0 saturated heterocycles. The third-order valence-electron chi connectivity index (χ3n) is 1.11. The van der Waals surface area contributed by atoms with E-state index in [9.17, 15) is 20.2 Å². The molecule has 0 aromatic carbocycles. The highest BCUT2D eigenvalue weighted by Crippen LogP contribution is 2.14. The van der Waals surface area contributed by atoms with Crippen LogP contribution in [-0.2, 0) is 0 Å². The first-order valence-corrected chi connectivity index (χ1v) is 3.49. The van der Waals surface area contributed by atoms with E-state index in [2.05, 4.69) is 0 Å². The van der Waals surface area contributed by atoms with Crippen molar-refractivity contribution in [2.45, 2.75) is 5.66 Å². The van der Waals surface area contributed by atoms with E-state index in [1.807, 2.05) is 0 Å². The Morgan fingerprint density at radius 1 is 1.09 bits per heavy atom. The van der Waals surface area contributed by atoms with Crippen molar-refractivity contribution >= 4 is 23.2 Å². The predicted molar refractivity (Wildman–Crippen MR) is 38.2 cm³/mol. The number of hydrogen-bond acceptors (Lipinski definition) is 4. The molecule has 6 nitrogen and oxygen atoms in total. The Morgan fingerprint density at radius 2 is 1.36 bits per heavy atom. The first-order chi connectivity index (χ1) is 5.01. The number of nitro groups is 2. The van der Waals surface area contributed by atoms with Gasteiger partial charge in [0.25, 0.3) is 0 Å². The Balaban J connectivity index is 4.76. The van der Waals surface area contributed by atoms with E-state index in [4.69, 9.17) is 23.2 Å². The second kappa shape index (κ2) is 3.68. The average molecular weight is 203 g/mol. The van der Waals surface area contributed by atoms with Gasteiger partial charge in [0.1, 0.15) is 9.85 Å². The molecule has 0 aliphatic rings. The third-order valence-corrected chi connectivity index (χ3v) is 1.96. The Morgan fingerprint density at radius 3 is 1.36 bits per heavy atom. The van der Waals surface area contributed by atoms with Gasteiger partial charge in [0.05, 0.1) is 0 Å². The largest absolute Gasteiger partial charge is 0.484 e. The van der Waals surface area contributed by atoms with Gasteiger partial charge in [-0.25, -0.2) is 0 Å². The fourth-order valence-corrected chi connectivity index (χ4v) is 0.974. The minimum Gasteiger partial charge on any atom is -0.258 e. The van der Waals surface area contributed by atoms with Crippen molar-refractivity contribution in [3.63, 3.8) is 0 Å². The van der Waals surface area contributed by atoms with Crippen LogP contribution in [0.2, 0.25) is 0 Å². The van der Waals surface area contributed by atoms with Gasteiger partial charge in [-0.15, -0.1) is 23.2 Å². The summed E-state index contributed by atoms with van der Waals surface area (Å²) in [4.78, 5) is 18.1. The topological polar surface area (TPSA) is 86.3 Å². The molecule has 0 amide bonds. The number of hydrogen-bond donors (Lipinski definition) is 0. The molecule has 0 aromatic heterocycles. The van der Waals surface area contributed by atoms with Crippen LogP contribution in [0.1, 0.15) is 0 Å². The van der Waals surface area contributed by atoms with Crippen molar-refractivity contribution < 1.29 is 9.85 Å². The Labute approximate surface area is 71.4 Å². The van der Waals surface area contributed by atoms with Crippen LogP contribution in [0.5, 0.6) is 0 Å². The zero-order valence-electron chi connectivity index (χ0n) is 5.20. The minimum absolute atomic E-state index is 0.740. The van der Waals surface area contributed by atoms with Crippen LogP contribution in [0.4, 0.5) is 0 Å². The lowest BCUT2D eigenvalue weighted by Crippen LogP contribution is -2.49. The summed E-state index contributed by atoms with van der Waals surface area (Å²) in [5.41, 5.74) is -2.44. The molecule has 8 heteroatoms. The minimum atomic E-state index is -2.44. The lowest BCUT2D eigenvalue weighted by Gasteiger charge is -2.10. The van der Waals surface area contributed by atoms with E-state index >= 15 is 0 Å². The molecule has 0 aliphatic carbocycles. The second-order valence-electron chi connectivity index (χ2n) is 1.76. The quantitative estimate of drug-likeness (QED) is 0.291. The SMILES string of the molecule is O=[N+]([O-])C(CCl)(CCl)[N+](=O)[O-]. The van der Waals surface area contributed by atoms with Gasteiger partial charge in [-0.05, 0) is 0 Å². The Hall–Kier alpha value is -0.620. The molecule has 0 saturated carbocycles. The molecule has 0 bridgehead atoms. The number of nitrogens with zero attached hydrogens (tertiary/aromatic N) is 2. The molecule has 0 aromatic rings. The summed E-state index contributed by atoms with van der Waals surface area (Å²) in [6, 6.07) is 0. The summed E-state index contributed by atoms with van der Waals surface area (Å²) < 4.78 is 0. The van der Waals surface area contributed by atoms with E-state index in [0.29, 0.717) is 0 Å². The zero-order chi connectivity index (χ0) is 9.07. The summed E-state index contributed by atoms with van der Waals surface area (Å²) in [6.45, 7) is 0. The van der Waals surface area contributed by atoms with E-state index in [-0.39, 0.29) is 0 Å². The first-order valence-electron chi connectivity index (χ1n) is 2.42. The molecule has 0 heterocycles. The molecule has 0 spiro atoms. The molecule has 0 fully saturated rings. The normalized spacial score (nSPS) is 11.1. The highest BCUT2D eigenvalue weighted by Gasteiger charge is 2.54. The standard InChI is InChI=1S/C3H4Cl2N2O4/c4-1-3(2-5,6(8)9)7(10)11/h1-2H2. The van der Waals surface area contributed by atoms with Crippen molar-refractivity contribution in [2.75, 3.05) is 11.8 Å². The van der Waals surface area contributed by atoms with E-state index in [1.54, 1.807) is 0 Å². The highest BCUT2D eigenvalue weighted by atomic mass is 35.5. The van der Waals surface area contributed by atoms with Crippen molar-refractivity contribution in [3.8, 4) is 0 Å². The lowest BCUT2D eigenvalue weighted by molar-refractivity contribution is -0.784. The predicted octanol–water partition coefficient (Wildman–Crippen LogP) is 0.714. The van der Waals surface area contributed by atoms with Gasteiger partial charge in [0, 0.05) is 0 Å². The van der Waals surface area contributed by atoms with Gasteiger partial charge >= 0.3 is 5.66 Å². The first kappa shape index (κ1) is 10.4. The van der Waals surface area contributed by atoms with Crippen molar-refractivity contribution in [1.82, 2.24) is 0 Å². The van der Waals surface area contributed by atoms with Crippen molar-refractivity contribution in [1.29, 1.82) is 0 Å². The van der Waals surface area contributed by atoms with Crippen LogP contribution in [0.25, 0.3) is 0 Å². The third kappa shape index (κ3) is 1.69. The molecule has 0 unspecified atom stereocenters. The maximum Gasteiger partial charge on any atom is 0.484 e. The van der Waals surface area contributed by atoms with Gasteiger partial charge < -0.3 is 0 Å². The van der Waals surface area contributed by atoms with Crippen molar-refractivity contribution in [2.24, 2.45) is 0 Å². The molecule has 0 aliphatic heterocycles. The summed E-state index contributed by atoms with van der Waals surface area (Å²) in [5.74, 6) is -1.48. The van der Waals surface area contributed by atoms with E-state index in [0.717, 1.165) is 0 Å². The molecule has 11 heavy (non-hydrogen) atoms. The molecule has 0 radical (unpaired) electrons. The summed E-state index contributed by atoms with van der Waals surface area (Å²) in [7, 11) is 0. The molecule has 0 N–H and O–H groups in total. The Bertz CT molecular complexity index is 164. The molecule has 0 atom stereocenters. The van der Waals surface area contributed by atoms with Crippen LogP contribution in [0.15, 0.2) is 0 Å². The van der Waals surface area contributed by atoms with Crippen LogP contribution in [-0.4, -0.2) is 27.3 Å². The van der Waals surface area contributed by atoms with Gasteiger partial charge in [-0.1, -0.05) is 0 Å². The van der Waals surface area contributed by atoms with E-state index < -0.39 is 27.3 Å². The van der Waals surface area contributed by atoms with Crippen LogP contribution in [0, 0.1) is 20.2 Å². The maximum atomic E-state index is 10.1. The molecular weight excluding hydrogens is 199 g/mol. The highest BCUT2D eigenvalue weighted by molar-refractivity contribution is 6.21. The molecular formula is C3H4Cl2N2O4. The van der Waals surface area contributed by atoms with Gasteiger partial charge in [0.2, 0.25) is 0 Å². The zero-order valence-corrected chi connectivity index (χ0v) is 6.71. The van der Waals surface area contributed by atoms with E-state index in [1.165, 1.54) is 0 Å². The second-order valence-corrected chi connectivity index (χ2v) is 2.30.